The van der Waals surface area contributed by atoms with Crippen molar-refractivity contribution in [3.05, 3.63) is 53.3 Å². The molecule has 1 atom stereocenters. The summed E-state index contributed by atoms with van der Waals surface area (Å²) in [6.45, 7) is 1.87. The number of carbonyl (C=O) groups is 2. The molecule has 0 aliphatic carbocycles. The molecule has 6 heteroatoms. The maximum Gasteiger partial charge on any atom is 0.308 e. The molecule has 0 aliphatic heterocycles. The van der Waals surface area contributed by atoms with E-state index in [-0.39, 0.29) is 12.5 Å². The molecular formula is C16H19N3O3. The maximum atomic E-state index is 12.1. The number of hydrogen-bond donors (Lipinski definition) is 2. The third-order valence-electron chi connectivity index (χ3n) is 3.66. The van der Waals surface area contributed by atoms with Crippen molar-refractivity contribution in [3.63, 3.8) is 0 Å². The van der Waals surface area contributed by atoms with E-state index in [0.717, 1.165) is 11.3 Å². The number of aliphatic carboxylic acids is 1. The van der Waals surface area contributed by atoms with Gasteiger partial charge in [0, 0.05) is 19.3 Å². The molecule has 2 aromatic rings. The predicted octanol–water partition coefficient (Wildman–Crippen LogP) is 1.40. The summed E-state index contributed by atoms with van der Waals surface area (Å²) in [5, 5.41) is 16.0. The van der Waals surface area contributed by atoms with Crippen LogP contribution in [0.4, 0.5) is 0 Å². The lowest BCUT2D eigenvalue weighted by molar-refractivity contribution is -0.141. The molecular weight excluding hydrogens is 282 g/mol. The van der Waals surface area contributed by atoms with Gasteiger partial charge < -0.3 is 10.4 Å². The van der Waals surface area contributed by atoms with E-state index in [2.05, 4.69) is 10.4 Å². The highest BCUT2D eigenvalue weighted by Crippen LogP contribution is 2.10. The van der Waals surface area contributed by atoms with Crippen LogP contribution in [0.2, 0.25) is 0 Å². The molecule has 6 nitrogen and oxygen atoms in total. The molecule has 116 valence electrons. The Morgan fingerprint density at radius 1 is 1.32 bits per heavy atom. The molecule has 1 heterocycles. The van der Waals surface area contributed by atoms with Crippen molar-refractivity contribution in [1.29, 1.82) is 0 Å². The summed E-state index contributed by atoms with van der Waals surface area (Å²) in [6.07, 6.45) is 1.86. The molecule has 0 fully saturated rings. The van der Waals surface area contributed by atoms with Crippen molar-refractivity contribution in [1.82, 2.24) is 15.1 Å². The summed E-state index contributed by atoms with van der Waals surface area (Å²) < 4.78 is 1.60. The van der Waals surface area contributed by atoms with Gasteiger partial charge in [-0.25, -0.2) is 0 Å². The normalized spacial score (nSPS) is 11.9. The molecule has 0 aliphatic rings. The highest BCUT2D eigenvalue weighted by atomic mass is 16.4. The monoisotopic (exact) mass is 301 g/mol. The molecule has 0 bridgehead atoms. The molecule has 1 unspecified atom stereocenters. The number of carbonyl (C=O) groups excluding carboxylic acids is 1. The number of benzene rings is 1. The molecule has 0 saturated heterocycles. The fourth-order valence-corrected chi connectivity index (χ4v) is 2.18. The Morgan fingerprint density at radius 3 is 2.55 bits per heavy atom. The number of nitrogens with one attached hydrogen (secondary N) is 1. The van der Waals surface area contributed by atoms with Gasteiger partial charge in [0.2, 0.25) is 0 Å². The molecule has 1 amide bonds. The van der Waals surface area contributed by atoms with Crippen molar-refractivity contribution >= 4 is 11.9 Å². The number of nitrogens with zero attached hydrogens (tertiary/aromatic N) is 2. The van der Waals surface area contributed by atoms with E-state index in [0.29, 0.717) is 12.0 Å². The van der Waals surface area contributed by atoms with Crippen LogP contribution in [0.15, 0.2) is 36.5 Å². The molecule has 0 spiro atoms. The summed E-state index contributed by atoms with van der Waals surface area (Å²) in [4.78, 5) is 23.5. The molecule has 22 heavy (non-hydrogen) atoms. The Labute approximate surface area is 128 Å². The van der Waals surface area contributed by atoms with Crippen LogP contribution in [0, 0.1) is 12.8 Å². The predicted molar refractivity (Wildman–Crippen MR) is 81.6 cm³/mol. The Morgan fingerprint density at radius 2 is 2.00 bits per heavy atom. The average Bonchev–Trinajstić information content (AvgIpc) is 2.84. The smallest absolute Gasteiger partial charge is 0.308 e. The Bertz CT molecular complexity index is 665. The van der Waals surface area contributed by atoms with E-state index >= 15 is 0 Å². The number of carboxylic acids is 1. The van der Waals surface area contributed by atoms with Crippen LogP contribution in [0.5, 0.6) is 0 Å². The molecule has 0 saturated carbocycles. The van der Waals surface area contributed by atoms with E-state index in [1.165, 1.54) is 6.20 Å². The number of carboxylic acid groups (broad SMARTS) is 1. The number of amides is 1. The van der Waals surface area contributed by atoms with Crippen LogP contribution >= 0.6 is 0 Å². The van der Waals surface area contributed by atoms with Gasteiger partial charge in [-0.3, -0.25) is 14.3 Å². The van der Waals surface area contributed by atoms with Gasteiger partial charge in [0.25, 0.3) is 5.91 Å². The standard InChI is InChI=1S/C16H19N3O3/c1-11-14(10-18-19(11)2)15(20)17-9-13(16(21)22)8-12-6-4-3-5-7-12/h3-7,10,13H,8-9H2,1-2H3,(H,17,20)(H,21,22). The molecule has 2 N–H and O–H groups in total. The van der Waals surface area contributed by atoms with Crippen molar-refractivity contribution in [3.8, 4) is 0 Å². The second-order valence-electron chi connectivity index (χ2n) is 5.20. The van der Waals surface area contributed by atoms with Gasteiger partial charge in [-0.05, 0) is 18.9 Å². The van der Waals surface area contributed by atoms with Crippen molar-refractivity contribution in [2.75, 3.05) is 6.54 Å². The third kappa shape index (κ3) is 3.72. The zero-order valence-electron chi connectivity index (χ0n) is 12.6. The quantitative estimate of drug-likeness (QED) is 0.844. The topological polar surface area (TPSA) is 84.2 Å². The summed E-state index contributed by atoms with van der Waals surface area (Å²) in [6, 6.07) is 9.37. The second-order valence-corrected chi connectivity index (χ2v) is 5.20. The van der Waals surface area contributed by atoms with Crippen LogP contribution in [0.1, 0.15) is 21.6 Å². The van der Waals surface area contributed by atoms with E-state index < -0.39 is 11.9 Å². The minimum atomic E-state index is -0.924. The Kier molecular flexibility index (Phi) is 4.93. The number of rotatable bonds is 6. The fraction of sp³-hybridized carbons (Fsp3) is 0.312. The van der Waals surface area contributed by atoms with E-state index in [9.17, 15) is 14.7 Å². The zero-order chi connectivity index (χ0) is 16.1. The molecule has 2 rings (SSSR count). The van der Waals surface area contributed by atoms with Gasteiger partial charge in [-0.2, -0.15) is 5.10 Å². The lowest BCUT2D eigenvalue weighted by atomic mass is 9.99. The van der Waals surface area contributed by atoms with Gasteiger partial charge in [-0.15, -0.1) is 0 Å². The minimum absolute atomic E-state index is 0.0807. The van der Waals surface area contributed by atoms with Gasteiger partial charge in [0.1, 0.15) is 0 Å². The highest BCUT2D eigenvalue weighted by molar-refractivity contribution is 5.95. The van der Waals surface area contributed by atoms with Crippen molar-refractivity contribution < 1.29 is 14.7 Å². The number of aromatic nitrogens is 2. The zero-order valence-corrected chi connectivity index (χ0v) is 12.6. The first-order chi connectivity index (χ1) is 10.5. The maximum absolute atomic E-state index is 12.1. The van der Waals surface area contributed by atoms with Gasteiger partial charge >= 0.3 is 5.97 Å². The summed E-state index contributed by atoms with van der Waals surface area (Å²) >= 11 is 0. The van der Waals surface area contributed by atoms with E-state index in [4.69, 9.17) is 0 Å². The van der Waals surface area contributed by atoms with Crippen LogP contribution in [-0.2, 0) is 18.3 Å². The van der Waals surface area contributed by atoms with Gasteiger partial charge in [-0.1, -0.05) is 30.3 Å². The first kappa shape index (κ1) is 15.8. The van der Waals surface area contributed by atoms with Crippen LogP contribution in [0.3, 0.4) is 0 Å². The summed E-state index contributed by atoms with van der Waals surface area (Å²) in [5.41, 5.74) is 2.14. The first-order valence-electron chi connectivity index (χ1n) is 7.02. The first-order valence-corrected chi connectivity index (χ1v) is 7.02. The van der Waals surface area contributed by atoms with Crippen LogP contribution in [-0.4, -0.2) is 33.3 Å². The molecule has 1 aromatic heterocycles. The SMILES string of the molecule is Cc1c(C(=O)NCC(Cc2ccccc2)C(=O)O)cnn1C. The molecule has 1 aromatic carbocycles. The minimum Gasteiger partial charge on any atom is -0.481 e. The summed E-state index contributed by atoms with van der Waals surface area (Å²) in [5.74, 6) is -1.89. The Balaban J connectivity index is 1.99. The average molecular weight is 301 g/mol. The number of hydrogen-bond acceptors (Lipinski definition) is 3. The third-order valence-corrected chi connectivity index (χ3v) is 3.66. The van der Waals surface area contributed by atoms with Crippen molar-refractivity contribution in [2.24, 2.45) is 13.0 Å². The van der Waals surface area contributed by atoms with Gasteiger partial charge in [0.05, 0.1) is 17.7 Å². The van der Waals surface area contributed by atoms with Gasteiger partial charge in [0.15, 0.2) is 0 Å². The summed E-state index contributed by atoms with van der Waals surface area (Å²) in [7, 11) is 1.75. The lowest BCUT2D eigenvalue weighted by Crippen LogP contribution is -2.34. The van der Waals surface area contributed by atoms with E-state index in [1.807, 2.05) is 30.3 Å². The van der Waals surface area contributed by atoms with Crippen LogP contribution < -0.4 is 5.32 Å². The van der Waals surface area contributed by atoms with E-state index in [1.54, 1.807) is 18.7 Å². The highest BCUT2D eigenvalue weighted by Gasteiger charge is 2.20. The molecule has 0 radical (unpaired) electrons. The largest absolute Gasteiger partial charge is 0.481 e. The lowest BCUT2D eigenvalue weighted by Gasteiger charge is -2.13. The number of aryl methyl sites for hydroxylation is 1. The van der Waals surface area contributed by atoms with Crippen molar-refractivity contribution in [2.45, 2.75) is 13.3 Å². The Hall–Kier alpha value is -2.63. The van der Waals surface area contributed by atoms with Crippen LogP contribution in [0.25, 0.3) is 0 Å². The fourth-order valence-electron chi connectivity index (χ4n) is 2.18. The second kappa shape index (κ2) is 6.89.